The average Bonchev–Trinajstić information content (AvgIpc) is 2.82. The Labute approximate surface area is 120 Å². The highest BCUT2D eigenvalue weighted by Crippen LogP contribution is 2.16. The largest absolute Gasteiger partial charge is 0.394 e. The number of benzene rings is 1. The molecule has 0 aliphatic heterocycles. The molecule has 0 saturated heterocycles. The van der Waals surface area contributed by atoms with Gasteiger partial charge >= 0.3 is 0 Å². The summed E-state index contributed by atoms with van der Waals surface area (Å²) in [6.45, 7) is 0.822. The topological polar surface area (TPSA) is 63.0 Å². The Balaban J connectivity index is 1.87. The van der Waals surface area contributed by atoms with Crippen LogP contribution in [0.2, 0.25) is 0 Å². The van der Waals surface area contributed by atoms with Gasteiger partial charge in [-0.1, -0.05) is 33.3 Å². The first-order valence-corrected chi connectivity index (χ1v) is 6.93. The molecule has 0 aliphatic carbocycles. The third kappa shape index (κ3) is 4.12. The van der Waals surface area contributed by atoms with E-state index in [1.807, 2.05) is 37.5 Å². The number of aliphatic hydroxyl groups excluding tert-OH is 1. The molecule has 2 N–H and O–H groups in total. The summed E-state index contributed by atoms with van der Waals surface area (Å²) in [5, 5.41) is 20.7. The minimum absolute atomic E-state index is 0.0511. The molecule has 0 radical (unpaired) electrons. The molecule has 19 heavy (non-hydrogen) atoms. The van der Waals surface area contributed by atoms with Crippen molar-refractivity contribution in [3.05, 3.63) is 46.2 Å². The molecule has 2 rings (SSSR count). The minimum atomic E-state index is -0.0511. The number of hydrogen-bond donors (Lipinski definition) is 2. The number of halogens is 1. The van der Waals surface area contributed by atoms with Gasteiger partial charge in [-0.15, -0.1) is 5.10 Å². The zero-order valence-corrected chi connectivity index (χ0v) is 12.3. The summed E-state index contributed by atoms with van der Waals surface area (Å²) in [4.78, 5) is 0. The first-order chi connectivity index (χ1) is 9.19. The normalized spacial score (nSPS) is 12.6. The van der Waals surface area contributed by atoms with E-state index in [0.29, 0.717) is 0 Å². The van der Waals surface area contributed by atoms with E-state index in [2.05, 4.69) is 31.6 Å². The fraction of sp³-hybridized carbons (Fsp3) is 0.385. The van der Waals surface area contributed by atoms with E-state index in [-0.39, 0.29) is 12.6 Å². The third-order valence-corrected chi connectivity index (χ3v) is 3.41. The van der Waals surface area contributed by atoms with Crippen LogP contribution in [0.4, 0.5) is 0 Å². The molecule has 2 aromatic rings. The molecule has 6 heteroatoms. The Morgan fingerprint density at radius 1 is 1.37 bits per heavy atom. The second-order valence-corrected chi connectivity index (χ2v) is 5.29. The summed E-state index contributed by atoms with van der Waals surface area (Å²) in [6, 6.07) is 7.90. The van der Waals surface area contributed by atoms with Crippen molar-refractivity contribution >= 4 is 15.9 Å². The molecule has 0 bridgehead atoms. The van der Waals surface area contributed by atoms with E-state index in [4.69, 9.17) is 0 Å². The molecule has 1 heterocycles. The van der Waals surface area contributed by atoms with Crippen LogP contribution < -0.4 is 5.32 Å². The van der Waals surface area contributed by atoms with E-state index in [9.17, 15) is 5.11 Å². The van der Waals surface area contributed by atoms with Crippen LogP contribution in [-0.4, -0.2) is 33.3 Å². The number of rotatable bonds is 6. The Kier molecular flexibility index (Phi) is 5.07. The van der Waals surface area contributed by atoms with Crippen molar-refractivity contribution in [1.82, 2.24) is 20.3 Å². The van der Waals surface area contributed by atoms with Gasteiger partial charge < -0.3 is 10.4 Å². The molecular weight excluding hydrogens is 308 g/mol. The number of aryl methyl sites for hydroxylation is 1. The van der Waals surface area contributed by atoms with Crippen molar-refractivity contribution in [3.63, 3.8) is 0 Å². The molecule has 0 fully saturated rings. The molecule has 0 amide bonds. The quantitative estimate of drug-likeness (QED) is 0.844. The first-order valence-electron chi connectivity index (χ1n) is 6.14. The van der Waals surface area contributed by atoms with E-state index in [1.165, 1.54) is 0 Å². The van der Waals surface area contributed by atoms with Crippen LogP contribution in [0.25, 0.3) is 0 Å². The highest BCUT2D eigenvalue weighted by Gasteiger charge is 2.09. The maximum Gasteiger partial charge on any atom is 0.0839 e. The van der Waals surface area contributed by atoms with E-state index >= 15 is 0 Å². The lowest BCUT2D eigenvalue weighted by molar-refractivity contribution is 0.245. The predicted molar refractivity (Wildman–Crippen MR) is 76.7 cm³/mol. The fourth-order valence-electron chi connectivity index (χ4n) is 1.87. The fourth-order valence-corrected chi connectivity index (χ4v) is 2.13. The summed E-state index contributed by atoms with van der Waals surface area (Å²) < 4.78 is 2.72. The van der Waals surface area contributed by atoms with Crippen molar-refractivity contribution in [1.29, 1.82) is 0 Å². The van der Waals surface area contributed by atoms with E-state index in [1.54, 1.807) is 4.68 Å². The van der Waals surface area contributed by atoms with Gasteiger partial charge in [0.1, 0.15) is 0 Å². The zero-order valence-electron chi connectivity index (χ0n) is 10.8. The number of aromatic nitrogens is 3. The first kappa shape index (κ1) is 14.2. The average molecular weight is 325 g/mol. The van der Waals surface area contributed by atoms with Crippen LogP contribution in [0.15, 0.2) is 34.9 Å². The second-order valence-electron chi connectivity index (χ2n) is 4.37. The van der Waals surface area contributed by atoms with E-state index in [0.717, 1.165) is 28.7 Å². The molecule has 0 saturated carbocycles. The van der Waals surface area contributed by atoms with E-state index < -0.39 is 0 Å². The number of nitrogens with one attached hydrogen (secondary N) is 1. The smallest absolute Gasteiger partial charge is 0.0839 e. The Morgan fingerprint density at radius 3 is 2.68 bits per heavy atom. The molecule has 0 spiro atoms. The van der Waals surface area contributed by atoms with Gasteiger partial charge in [-0.05, 0) is 17.7 Å². The molecular formula is C13H17BrN4O. The Bertz CT molecular complexity index is 512. The highest BCUT2D eigenvalue weighted by atomic mass is 79.9. The van der Waals surface area contributed by atoms with Gasteiger partial charge in [0, 0.05) is 30.7 Å². The molecule has 1 aromatic carbocycles. The highest BCUT2D eigenvalue weighted by molar-refractivity contribution is 9.10. The molecule has 1 unspecified atom stereocenters. The predicted octanol–water partition coefficient (Wildman–Crippen LogP) is 1.44. The second kappa shape index (κ2) is 6.79. The van der Waals surface area contributed by atoms with Crippen LogP contribution in [0.5, 0.6) is 0 Å². The monoisotopic (exact) mass is 324 g/mol. The SMILES string of the molecule is Cn1cc(CCNC(CO)c2ccc(Br)cc2)nn1. The van der Waals surface area contributed by atoms with Crippen molar-refractivity contribution in [2.45, 2.75) is 12.5 Å². The van der Waals surface area contributed by atoms with Crippen molar-refractivity contribution in [2.75, 3.05) is 13.2 Å². The molecule has 1 aromatic heterocycles. The third-order valence-electron chi connectivity index (χ3n) is 2.88. The lowest BCUT2D eigenvalue weighted by atomic mass is 10.1. The Hall–Kier alpha value is -1.24. The Morgan fingerprint density at radius 2 is 2.11 bits per heavy atom. The van der Waals surface area contributed by atoms with Crippen LogP contribution >= 0.6 is 15.9 Å². The van der Waals surface area contributed by atoms with Gasteiger partial charge in [-0.3, -0.25) is 4.68 Å². The summed E-state index contributed by atoms with van der Waals surface area (Å²) in [7, 11) is 1.85. The maximum absolute atomic E-state index is 9.44. The van der Waals surface area contributed by atoms with Gasteiger partial charge in [0.15, 0.2) is 0 Å². The molecule has 1 atom stereocenters. The molecule has 0 aliphatic rings. The summed E-state index contributed by atoms with van der Waals surface area (Å²) >= 11 is 3.40. The van der Waals surface area contributed by atoms with Gasteiger partial charge in [-0.2, -0.15) is 0 Å². The lowest BCUT2D eigenvalue weighted by Crippen LogP contribution is -2.26. The van der Waals surface area contributed by atoms with Crippen molar-refractivity contribution in [2.24, 2.45) is 7.05 Å². The molecule has 102 valence electrons. The molecule has 5 nitrogen and oxygen atoms in total. The standard InChI is InChI=1S/C13H17BrN4O/c1-18-8-12(16-17-18)6-7-15-13(9-19)10-2-4-11(14)5-3-10/h2-5,8,13,15,19H,6-7,9H2,1H3. The van der Waals surface area contributed by atoms with Gasteiger partial charge in [0.25, 0.3) is 0 Å². The van der Waals surface area contributed by atoms with Crippen LogP contribution in [-0.2, 0) is 13.5 Å². The van der Waals surface area contributed by atoms with Crippen LogP contribution in [0.1, 0.15) is 17.3 Å². The number of hydrogen-bond acceptors (Lipinski definition) is 4. The van der Waals surface area contributed by atoms with Crippen molar-refractivity contribution in [3.8, 4) is 0 Å². The maximum atomic E-state index is 9.44. The summed E-state index contributed by atoms with van der Waals surface area (Å²) in [5.74, 6) is 0. The van der Waals surface area contributed by atoms with Gasteiger partial charge in [0.05, 0.1) is 18.3 Å². The number of nitrogens with zero attached hydrogens (tertiary/aromatic N) is 3. The zero-order chi connectivity index (χ0) is 13.7. The summed E-state index contributed by atoms with van der Waals surface area (Å²) in [6.07, 6.45) is 2.69. The van der Waals surface area contributed by atoms with Gasteiger partial charge in [-0.25, -0.2) is 0 Å². The number of aliphatic hydroxyl groups is 1. The van der Waals surface area contributed by atoms with Crippen LogP contribution in [0, 0.1) is 0 Å². The van der Waals surface area contributed by atoms with Crippen molar-refractivity contribution < 1.29 is 5.11 Å². The minimum Gasteiger partial charge on any atom is -0.394 e. The lowest BCUT2D eigenvalue weighted by Gasteiger charge is -2.16. The van der Waals surface area contributed by atoms with Crippen LogP contribution in [0.3, 0.4) is 0 Å². The summed E-state index contributed by atoms with van der Waals surface area (Å²) in [5.41, 5.74) is 2.02. The van der Waals surface area contributed by atoms with Gasteiger partial charge in [0.2, 0.25) is 0 Å².